The molecule has 2 amide bonds. The summed E-state index contributed by atoms with van der Waals surface area (Å²) in [5.41, 5.74) is 2.99. The molecule has 2 aromatic rings. The number of hydrogen-bond acceptors (Lipinski definition) is 3. The lowest BCUT2D eigenvalue weighted by molar-refractivity contribution is -0.117. The topological polar surface area (TPSA) is 49.4 Å². The van der Waals surface area contributed by atoms with E-state index in [0.29, 0.717) is 18.8 Å². The second-order valence-electron chi connectivity index (χ2n) is 7.07. The van der Waals surface area contributed by atoms with E-state index >= 15 is 0 Å². The third kappa shape index (κ3) is 5.36. The van der Waals surface area contributed by atoms with Gasteiger partial charge in [-0.1, -0.05) is 26.0 Å². The van der Waals surface area contributed by atoms with Gasteiger partial charge >= 0.3 is 0 Å². The normalized spacial score (nSPS) is 14.0. The number of amides is 2. The van der Waals surface area contributed by atoms with Gasteiger partial charge in [-0.3, -0.25) is 9.59 Å². The van der Waals surface area contributed by atoms with Crippen LogP contribution < -0.4 is 10.2 Å². The van der Waals surface area contributed by atoms with Crippen molar-refractivity contribution in [2.24, 2.45) is 0 Å². The number of thioether (sulfide) groups is 1. The fourth-order valence-corrected chi connectivity index (χ4v) is 3.93. The van der Waals surface area contributed by atoms with Gasteiger partial charge < -0.3 is 10.2 Å². The Morgan fingerprint density at radius 2 is 1.81 bits per heavy atom. The van der Waals surface area contributed by atoms with Crippen LogP contribution in [0.15, 0.2) is 53.4 Å². The van der Waals surface area contributed by atoms with Gasteiger partial charge in [0.2, 0.25) is 11.8 Å². The molecular weight excluding hydrogens is 356 g/mol. The molecule has 0 saturated carbocycles. The maximum absolute atomic E-state index is 12.2. The minimum Gasteiger partial charge on any atom is -0.326 e. The van der Waals surface area contributed by atoms with E-state index in [2.05, 4.69) is 43.4 Å². The zero-order valence-electron chi connectivity index (χ0n) is 15.9. The van der Waals surface area contributed by atoms with Gasteiger partial charge in [0.25, 0.3) is 0 Å². The molecular formula is C22H26N2O2S. The summed E-state index contributed by atoms with van der Waals surface area (Å²) in [5, 5.41) is 2.93. The number of rotatable bonds is 7. The minimum absolute atomic E-state index is 0.00583. The molecule has 142 valence electrons. The molecule has 1 heterocycles. The lowest BCUT2D eigenvalue weighted by atomic mass is 10.0. The molecule has 2 aromatic carbocycles. The van der Waals surface area contributed by atoms with Crippen molar-refractivity contribution < 1.29 is 9.59 Å². The monoisotopic (exact) mass is 382 g/mol. The maximum Gasteiger partial charge on any atom is 0.227 e. The molecule has 0 bridgehead atoms. The van der Waals surface area contributed by atoms with Gasteiger partial charge in [0.15, 0.2) is 0 Å². The van der Waals surface area contributed by atoms with Crippen molar-refractivity contribution in [1.29, 1.82) is 0 Å². The average Bonchev–Trinajstić information content (AvgIpc) is 3.09. The van der Waals surface area contributed by atoms with Crippen LogP contribution in [0.4, 0.5) is 11.4 Å². The van der Waals surface area contributed by atoms with Crippen molar-refractivity contribution in [3.05, 3.63) is 54.1 Å². The first-order chi connectivity index (χ1) is 13.0. The van der Waals surface area contributed by atoms with Gasteiger partial charge in [0.1, 0.15) is 0 Å². The fourth-order valence-electron chi connectivity index (χ4n) is 3.08. The Kier molecular flexibility index (Phi) is 6.56. The molecule has 5 heteroatoms. The number of anilines is 2. The van der Waals surface area contributed by atoms with Gasteiger partial charge in [-0.15, -0.1) is 11.8 Å². The molecule has 0 aliphatic carbocycles. The number of carbonyl (C=O) groups is 2. The highest BCUT2D eigenvalue weighted by atomic mass is 32.2. The molecule has 0 spiro atoms. The molecule has 0 aromatic heterocycles. The van der Waals surface area contributed by atoms with Gasteiger partial charge in [0, 0.05) is 41.4 Å². The SMILES string of the molecule is CC(C)c1ccc(SCCC(=O)Nc2ccc(N3CCCC3=O)cc2)cc1. The molecule has 27 heavy (non-hydrogen) atoms. The summed E-state index contributed by atoms with van der Waals surface area (Å²) in [6.07, 6.45) is 1.99. The Hall–Kier alpha value is -2.27. The highest BCUT2D eigenvalue weighted by Crippen LogP contribution is 2.24. The maximum atomic E-state index is 12.2. The first-order valence-electron chi connectivity index (χ1n) is 9.46. The van der Waals surface area contributed by atoms with Crippen LogP contribution in [0.1, 0.15) is 44.6 Å². The van der Waals surface area contributed by atoms with E-state index in [1.807, 2.05) is 24.3 Å². The lowest BCUT2D eigenvalue weighted by Gasteiger charge is -2.16. The first kappa shape index (κ1) is 19.5. The van der Waals surface area contributed by atoms with E-state index in [4.69, 9.17) is 0 Å². The van der Waals surface area contributed by atoms with Crippen LogP contribution in [0.2, 0.25) is 0 Å². The third-order valence-corrected chi connectivity index (χ3v) is 5.69. The highest BCUT2D eigenvalue weighted by molar-refractivity contribution is 7.99. The summed E-state index contributed by atoms with van der Waals surface area (Å²) in [7, 11) is 0. The van der Waals surface area contributed by atoms with Crippen LogP contribution >= 0.6 is 11.8 Å². The van der Waals surface area contributed by atoms with Crippen molar-refractivity contribution in [2.45, 2.75) is 43.9 Å². The molecule has 1 N–H and O–H groups in total. The molecule has 1 aliphatic heterocycles. The predicted molar refractivity (Wildman–Crippen MR) is 113 cm³/mol. The van der Waals surface area contributed by atoms with E-state index in [9.17, 15) is 9.59 Å². The van der Waals surface area contributed by atoms with E-state index in [0.717, 1.165) is 30.1 Å². The second-order valence-corrected chi connectivity index (χ2v) is 8.23. The zero-order chi connectivity index (χ0) is 19.2. The Balaban J connectivity index is 1.44. The number of nitrogens with one attached hydrogen (secondary N) is 1. The standard InChI is InChI=1S/C22H26N2O2S/c1-16(2)17-5-11-20(12-6-17)27-15-13-21(25)23-18-7-9-19(10-8-18)24-14-3-4-22(24)26/h5-12,16H,3-4,13-15H2,1-2H3,(H,23,25). The number of carbonyl (C=O) groups excluding carboxylic acids is 2. The molecule has 0 atom stereocenters. The third-order valence-electron chi connectivity index (χ3n) is 4.68. The summed E-state index contributed by atoms with van der Waals surface area (Å²) < 4.78 is 0. The largest absolute Gasteiger partial charge is 0.326 e. The van der Waals surface area contributed by atoms with Crippen molar-refractivity contribution in [3.8, 4) is 0 Å². The van der Waals surface area contributed by atoms with Crippen molar-refractivity contribution in [3.63, 3.8) is 0 Å². The molecule has 0 unspecified atom stereocenters. The van der Waals surface area contributed by atoms with E-state index in [-0.39, 0.29) is 11.8 Å². The van der Waals surface area contributed by atoms with Crippen LogP contribution in [-0.4, -0.2) is 24.1 Å². The Morgan fingerprint density at radius 1 is 1.11 bits per heavy atom. The summed E-state index contributed by atoms with van der Waals surface area (Å²) in [5.74, 6) is 1.45. The second kappa shape index (κ2) is 9.09. The Labute approximate surface area is 165 Å². The van der Waals surface area contributed by atoms with Gasteiger partial charge in [-0.2, -0.15) is 0 Å². The highest BCUT2D eigenvalue weighted by Gasteiger charge is 2.21. The quantitative estimate of drug-likeness (QED) is 0.681. The molecule has 1 aliphatic rings. The predicted octanol–water partition coefficient (Wildman–Crippen LogP) is 5.06. The van der Waals surface area contributed by atoms with E-state index in [1.165, 1.54) is 10.5 Å². The first-order valence-corrected chi connectivity index (χ1v) is 10.4. The summed E-state index contributed by atoms with van der Waals surface area (Å²) in [6.45, 7) is 5.14. The smallest absolute Gasteiger partial charge is 0.227 e. The van der Waals surface area contributed by atoms with Crippen LogP contribution in [0.25, 0.3) is 0 Å². The molecule has 0 radical (unpaired) electrons. The summed E-state index contributed by atoms with van der Waals surface area (Å²) in [4.78, 5) is 26.9. The van der Waals surface area contributed by atoms with Crippen LogP contribution in [-0.2, 0) is 9.59 Å². The lowest BCUT2D eigenvalue weighted by Crippen LogP contribution is -2.23. The molecule has 3 rings (SSSR count). The molecule has 1 saturated heterocycles. The number of benzene rings is 2. The zero-order valence-corrected chi connectivity index (χ0v) is 16.7. The number of hydrogen-bond donors (Lipinski definition) is 1. The van der Waals surface area contributed by atoms with E-state index < -0.39 is 0 Å². The Bertz CT molecular complexity index is 785. The van der Waals surface area contributed by atoms with Gasteiger partial charge in [-0.05, 0) is 54.3 Å². The molecule has 4 nitrogen and oxygen atoms in total. The summed E-state index contributed by atoms with van der Waals surface area (Å²) in [6, 6.07) is 16.0. The van der Waals surface area contributed by atoms with Crippen LogP contribution in [0, 0.1) is 0 Å². The Morgan fingerprint density at radius 3 is 2.41 bits per heavy atom. The van der Waals surface area contributed by atoms with Crippen molar-refractivity contribution >= 4 is 35.0 Å². The fraction of sp³-hybridized carbons (Fsp3) is 0.364. The van der Waals surface area contributed by atoms with Crippen LogP contribution in [0.3, 0.4) is 0 Å². The molecule has 1 fully saturated rings. The van der Waals surface area contributed by atoms with Gasteiger partial charge in [-0.25, -0.2) is 0 Å². The average molecular weight is 383 g/mol. The van der Waals surface area contributed by atoms with E-state index in [1.54, 1.807) is 16.7 Å². The van der Waals surface area contributed by atoms with Gasteiger partial charge in [0.05, 0.1) is 0 Å². The van der Waals surface area contributed by atoms with Crippen LogP contribution in [0.5, 0.6) is 0 Å². The number of nitrogens with zero attached hydrogens (tertiary/aromatic N) is 1. The minimum atomic E-state index is 0.00583. The van der Waals surface area contributed by atoms with Crippen molar-refractivity contribution in [1.82, 2.24) is 0 Å². The van der Waals surface area contributed by atoms with Crippen molar-refractivity contribution in [2.75, 3.05) is 22.5 Å². The summed E-state index contributed by atoms with van der Waals surface area (Å²) >= 11 is 1.69.